The Morgan fingerprint density at radius 1 is 1.50 bits per heavy atom. The second-order valence-electron chi connectivity index (χ2n) is 2.22. The first-order valence-corrected chi connectivity index (χ1v) is 3.41. The summed E-state index contributed by atoms with van der Waals surface area (Å²) < 4.78 is 0. The third kappa shape index (κ3) is 4.45. The van der Waals surface area contributed by atoms with Gasteiger partial charge in [-0.05, 0) is 0 Å². The molecule has 0 aromatic carbocycles. The summed E-state index contributed by atoms with van der Waals surface area (Å²) in [6.07, 6.45) is 2.05. The Bertz CT molecular complexity index is 201. The zero-order valence-electron chi connectivity index (χ0n) is 6.86. The Balaban J connectivity index is 3.94. The molecule has 0 bridgehead atoms. The molecule has 0 unspecified atom stereocenters. The van der Waals surface area contributed by atoms with Crippen LogP contribution in [0.5, 0.6) is 0 Å². The van der Waals surface area contributed by atoms with E-state index in [1.165, 1.54) is 11.9 Å². The second kappa shape index (κ2) is 5.31. The molecular formula is C7H12N2O3. The van der Waals surface area contributed by atoms with Gasteiger partial charge in [0.15, 0.2) is 0 Å². The highest BCUT2D eigenvalue weighted by atomic mass is 16.3. The number of aliphatic hydroxyl groups is 1. The Morgan fingerprint density at radius 3 is 2.50 bits per heavy atom. The number of rotatable bonds is 4. The topological polar surface area (TPSA) is 83.6 Å². The van der Waals surface area contributed by atoms with Crippen LogP contribution in [0.3, 0.4) is 0 Å². The maximum Gasteiger partial charge on any atom is 0.246 e. The van der Waals surface area contributed by atoms with Crippen molar-refractivity contribution < 1.29 is 14.7 Å². The first-order valence-electron chi connectivity index (χ1n) is 3.41. The highest BCUT2D eigenvalue weighted by Gasteiger charge is 2.02. The van der Waals surface area contributed by atoms with Crippen molar-refractivity contribution in [3.63, 3.8) is 0 Å². The molecule has 0 rings (SSSR count). The van der Waals surface area contributed by atoms with E-state index in [-0.39, 0.29) is 19.1 Å². The fourth-order valence-electron chi connectivity index (χ4n) is 0.541. The lowest BCUT2D eigenvalue weighted by Gasteiger charge is -2.11. The molecule has 5 heteroatoms. The summed E-state index contributed by atoms with van der Waals surface area (Å²) in [5.41, 5.74) is 4.77. The molecule has 2 amide bonds. The van der Waals surface area contributed by atoms with Crippen LogP contribution in [0.1, 0.15) is 0 Å². The predicted octanol–water partition coefficient (Wildman–Crippen LogP) is -1.52. The normalized spacial score (nSPS) is 10.2. The minimum Gasteiger partial charge on any atom is -0.395 e. The number of likely N-dealkylation sites (N-methyl/N-ethyl adjacent to an activating group) is 1. The Morgan fingerprint density at radius 2 is 2.08 bits per heavy atom. The number of hydrogen-bond acceptors (Lipinski definition) is 3. The van der Waals surface area contributed by atoms with E-state index in [1.807, 2.05) is 0 Å². The Kier molecular flexibility index (Phi) is 4.71. The van der Waals surface area contributed by atoms with Gasteiger partial charge in [-0.25, -0.2) is 0 Å². The minimum absolute atomic E-state index is 0.105. The average molecular weight is 172 g/mol. The maximum absolute atomic E-state index is 11.0. The molecule has 0 atom stereocenters. The highest BCUT2D eigenvalue weighted by Crippen LogP contribution is 1.85. The van der Waals surface area contributed by atoms with Crippen molar-refractivity contribution in [1.82, 2.24) is 4.90 Å². The second-order valence-corrected chi connectivity index (χ2v) is 2.22. The van der Waals surface area contributed by atoms with Gasteiger partial charge in [0.2, 0.25) is 11.8 Å². The first kappa shape index (κ1) is 10.6. The molecule has 0 aliphatic rings. The smallest absolute Gasteiger partial charge is 0.246 e. The number of amides is 2. The highest BCUT2D eigenvalue weighted by molar-refractivity contribution is 5.95. The molecule has 0 aliphatic heterocycles. The van der Waals surface area contributed by atoms with Crippen LogP contribution in [-0.4, -0.2) is 42.0 Å². The van der Waals surface area contributed by atoms with Crippen molar-refractivity contribution in [2.24, 2.45) is 5.73 Å². The van der Waals surface area contributed by atoms with Gasteiger partial charge in [0.25, 0.3) is 0 Å². The average Bonchev–Trinajstić information content (AvgIpc) is 2.00. The molecule has 0 aromatic rings. The maximum atomic E-state index is 11.0. The van der Waals surface area contributed by atoms with Gasteiger partial charge in [-0.2, -0.15) is 0 Å². The van der Waals surface area contributed by atoms with Gasteiger partial charge in [-0.3, -0.25) is 9.59 Å². The van der Waals surface area contributed by atoms with E-state index in [2.05, 4.69) is 0 Å². The molecule has 0 spiro atoms. The summed E-state index contributed by atoms with van der Waals surface area (Å²) in [7, 11) is 1.52. The zero-order valence-corrected chi connectivity index (χ0v) is 6.86. The number of hydrogen-bond donors (Lipinski definition) is 2. The van der Waals surface area contributed by atoms with Crippen LogP contribution in [0.15, 0.2) is 12.2 Å². The lowest BCUT2D eigenvalue weighted by Crippen LogP contribution is -2.28. The molecule has 0 radical (unpaired) electrons. The molecule has 0 saturated heterocycles. The number of nitrogens with zero attached hydrogens (tertiary/aromatic N) is 1. The summed E-state index contributed by atoms with van der Waals surface area (Å²) in [4.78, 5) is 22.4. The summed E-state index contributed by atoms with van der Waals surface area (Å²) in [6, 6.07) is 0. The summed E-state index contributed by atoms with van der Waals surface area (Å²) in [6.45, 7) is 0.134. The van der Waals surface area contributed by atoms with Gasteiger partial charge in [-0.1, -0.05) is 0 Å². The third-order valence-electron chi connectivity index (χ3n) is 1.20. The van der Waals surface area contributed by atoms with Crippen LogP contribution in [0.4, 0.5) is 0 Å². The van der Waals surface area contributed by atoms with Gasteiger partial charge >= 0.3 is 0 Å². The van der Waals surface area contributed by atoms with Gasteiger partial charge in [0.05, 0.1) is 6.61 Å². The Hall–Kier alpha value is -1.36. The van der Waals surface area contributed by atoms with E-state index in [0.29, 0.717) is 0 Å². The monoisotopic (exact) mass is 172 g/mol. The minimum atomic E-state index is -0.666. The van der Waals surface area contributed by atoms with Crippen LogP contribution in [0.2, 0.25) is 0 Å². The molecule has 68 valence electrons. The molecule has 0 fully saturated rings. The summed E-state index contributed by atoms with van der Waals surface area (Å²) in [5.74, 6) is -1.02. The van der Waals surface area contributed by atoms with Gasteiger partial charge in [0, 0.05) is 25.7 Å². The van der Waals surface area contributed by atoms with E-state index in [1.54, 1.807) is 0 Å². The lowest BCUT2D eigenvalue weighted by atomic mass is 10.4. The van der Waals surface area contributed by atoms with Crippen LogP contribution < -0.4 is 5.73 Å². The van der Waals surface area contributed by atoms with Crippen molar-refractivity contribution in [2.75, 3.05) is 20.2 Å². The van der Waals surface area contributed by atoms with E-state index in [0.717, 1.165) is 12.2 Å². The number of nitrogens with two attached hydrogens (primary N) is 1. The van der Waals surface area contributed by atoms with Crippen LogP contribution in [0, 0.1) is 0 Å². The predicted molar refractivity (Wildman–Crippen MR) is 43.1 cm³/mol. The van der Waals surface area contributed by atoms with E-state index < -0.39 is 5.91 Å². The van der Waals surface area contributed by atoms with E-state index >= 15 is 0 Å². The van der Waals surface area contributed by atoms with Crippen LogP contribution >= 0.6 is 0 Å². The fourth-order valence-corrected chi connectivity index (χ4v) is 0.541. The van der Waals surface area contributed by atoms with Gasteiger partial charge < -0.3 is 15.7 Å². The molecule has 0 aromatic heterocycles. The van der Waals surface area contributed by atoms with Crippen LogP contribution in [0.25, 0.3) is 0 Å². The van der Waals surface area contributed by atoms with Crippen molar-refractivity contribution in [2.45, 2.75) is 0 Å². The first-order chi connectivity index (χ1) is 5.57. The zero-order chi connectivity index (χ0) is 9.56. The van der Waals surface area contributed by atoms with E-state index in [4.69, 9.17) is 10.8 Å². The van der Waals surface area contributed by atoms with Gasteiger partial charge in [-0.15, -0.1) is 0 Å². The number of primary amides is 1. The molecular weight excluding hydrogens is 160 g/mol. The largest absolute Gasteiger partial charge is 0.395 e. The Labute approximate surface area is 70.5 Å². The third-order valence-corrected chi connectivity index (χ3v) is 1.20. The number of carbonyl (C=O) groups is 2. The molecule has 0 saturated carbocycles. The lowest BCUT2D eigenvalue weighted by molar-refractivity contribution is -0.125. The molecule has 3 N–H and O–H groups in total. The van der Waals surface area contributed by atoms with Crippen molar-refractivity contribution in [3.8, 4) is 0 Å². The number of carbonyl (C=O) groups excluding carboxylic acids is 2. The SMILES string of the molecule is CN(CCO)C(=O)/C=C\C(N)=O. The molecule has 5 nitrogen and oxygen atoms in total. The molecule has 12 heavy (non-hydrogen) atoms. The molecule has 0 aliphatic carbocycles. The fraction of sp³-hybridized carbons (Fsp3) is 0.429. The quantitative estimate of drug-likeness (QED) is 0.505. The van der Waals surface area contributed by atoms with Crippen molar-refractivity contribution >= 4 is 11.8 Å². The number of aliphatic hydroxyl groups excluding tert-OH is 1. The molecule has 0 heterocycles. The van der Waals surface area contributed by atoms with Crippen molar-refractivity contribution in [1.29, 1.82) is 0 Å². The summed E-state index contributed by atoms with van der Waals surface area (Å²) >= 11 is 0. The van der Waals surface area contributed by atoms with Crippen molar-refractivity contribution in [3.05, 3.63) is 12.2 Å². The summed E-state index contributed by atoms with van der Waals surface area (Å²) in [5, 5.41) is 8.45. The van der Waals surface area contributed by atoms with E-state index in [9.17, 15) is 9.59 Å². The standard InChI is InChI=1S/C7H12N2O3/c1-9(4-5-10)7(12)3-2-6(8)11/h2-3,10H,4-5H2,1H3,(H2,8,11)/b3-2-. The van der Waals surface area contributed by atoms with Crippen LogP contribution in [-0.2, 0) is 9.59 Å². The van der Waals surface area contributed by atoms with Gasteiger partial charge in [0.1, 0.15) is 0 Å².